The Hall–Kier alpha value is -1.46. The zero-order valence-electron chi connectivity index (χ0n) is 11.0. The van der Waals surface area contributed by atoms with Crippen molar-refractivity contribution in [3.8, 4) is 0 Å². The van der Waals surface area contributed by atoms with Gasteiger partial charge < -0.3 is 10.1 Å². The van der Waals surface area contributed by atoms with Crippen LogP contribution in [0.3, 0.4) is 0 Å². The van der Waals surface area contributed by atoms with Crippen molar-refractivity contribution in [2.75, 3.05) is 18.5 Å². The fourth-order valence-electron chi connectivity index (χ4n) is 2.24. The Labute approximate surface area is 116 Å². The second-order valence-corrected chi connectivity index (χ2v) is 5.53. The number of ether oxygens (including phenoxy) is 1. The van der Waals surface area contributed by atoms with Gasteiger partial charge in [0.05, 0.1) is 18.9 Å². The summed E-state index contributed by atoms with van der Waals surface area (Å²) in [6.07, 6.45) is 1.69. The molecule has 0 saturated heterocycles. The van der Waals surface area contributed by atoms with Crippen LogP contribution >= 0.6 is 11.3 Å². The molecule has 4 nitrogen and oxygen atoms in total. The molecular formula is C14H17N3OS. The SMILES string of the molecule is CCNc1nc(Cc2cccs2)nc2c1COCC2. The fourth-order valence-corrected chi connectivity index (χ4v) is 2.95. The Morgan fingerprint density at radius 2 is 2.37 bits per heavy atom. The lowest BCUT2D eigenvalue weighted by molar-refractivity contribution is 0.109. The molecule has 1 N–H and O–H groups in total. The molecule has 0 unspecified atom stereocenters. The molecule has 0 saturated carbocycles. The van der Waals surface area contributed by atoms with Gasteiger partial charge in [-0.15, -0.1) is 11.3 Å². The highest BCUT2D eigenvalue weighted by molar-refractivity contribution is 7.09. The van der Waals surface area contributed by atoms with Gasteiger partial charge in [0.2, 0.25) is 0 Å². The number of nitrogens with zero attached hydrogens (tertiary/aromatic N) is 2. The Bertz CT molecular complexity index is 554. The van der Waals surface area contributed by atoms with Gasteiger partial charge in [0, 0.05) is 29.8 Å². The van der Waals surface area contributed by atoms with E-state index in [2.05, 4.69) is 34.7 Å². The molecule has 3 rings (SSSR count). The van der Waals surface area contributed by atoms with E-state index >= 15 is 0 Å². The minimum atomic E-state index is 0.622. The summed E-state index contributed by atoms with van der Waals surface area (Å²) in [7, 11) is 0. The predicted octanol–water partition coefficient (Wildman–Crippen LogP) is 2.63. The number of hydrogen-bond acceptors (Lipinski definition) is 5. The maximum Gasteiger partial charge on any atom is 0.136 e. The van der Waals surface area contributed by atoms with Crippen LogP contribution in [0.2, 0.25) is 0 Å². The number of thiophene rings is 1. The third-order valence-electron chi connectivity index (χ3n) is 3.13. The molecular weight excluding hydrogens is 258 g/mol. The van der Waals surface area contributed by atoms with Crippen LogP contribution in [0.15, 0.2) is 17.5 Å². The van der Waals surface area contributed by atoms with Crippen molar-refractivity contribution < 1.29 is 4.74 Å². The summed E-state index contributed by atoms with van der Waals surface area (Å²) in [5.74, 6) is 1.85. The van der Waals surface area contributed by atoms with Crippen molar-refractivity contribution in [3.63, 3.8) is 0 Å². The first-order valence-electron chi connectivity index (χ1n) is 6.59. The lowest BCUT2D eigenvalue weighted by atomic mass is 10.1. The fraction of sp³-hybridized carbons (Fsp3) is 0.429. The van der Waals surface area contributed by atoms with Crippen molar-refractivity contribution in [2.24, 2.45) is 0 Å². The van der Waals surface area contributed by atoms with Gasteiger partial charge in [-0.3, -0.25) is 0 Å². The van der Waals surface area contributed by atoms with Crippen molar-refractivity contribution >= 4 is 17.2 Å². The van der Waals surface area contributed by atoms with Gasteiger partial charge in [-0.2, -0.15) is 0 Å². The first-order valence-corrected chi connectivity index (χ1v) is 7.47. The molecule has 19 heavy (non-hydrogen) atoms. The summed E-state index contributed by atoms with van der Waals surface area (Å²) in [6.45, 7) is 4.32. The van der Waals surface area contributed by atoms with Crippen molar-refractivity contribution in [1.82, 2.24) is 9.97 Å². The molecule has 3 heterocycles. The second-order valence-electron chi connectivity index (χ2n) is 4.50. The number of aromatic nitrogens is 2. The highest BCUT2D eigenvalue weighted by Gasteiger charge is 2.18. The molecule has 1 aliphatic heterocycles. The van der Waals surface area contributed by atoms with Crippen LogP contribution in [0.1, 0.15) is 28.9 Å². The van der Waals surface area contributed by atoms with Crippen LogP contribution in [0.4, 0.5) is 5.82 Å². The number of fused-ring (bicyclic) bond motifs is 1. The van der Waals surface area contributed by atoms with Crippen LogP contribution in [0.25, 0.3) is 0 Å². The third-order valence-corrected chi connectivity index (χ3v) is 4.00. The van der Waals surface area contributed by atoms with E-state index in [4.69, 9.17) is 9.72 Å². The largest absolute Gasteiger partial charge is 0.376 e. The normalized spacial score (nSPS) is 14.2. The summed E-state index contributed by atoms with van der Waals surface area (Å²) in [5.41, 5.74) is 2.27. The van der Waals surface area contributed by atoms with Crippen molar-refractivity contribution in [2.45, 2.75) is 26.4 Å². The maximum atomic E-state index is 5.51. The molecule has 0 spiro atoms. The Morgan fingerprint density at radius 1 is 1.42 bits per heavy atom. The summed E-state index contributed by atoms with van der Waals surface area (Å²) in [4.78, 5) is 10.7. The standard InChI is InChI=1S/C14H17N3OS/c1-2-15-14-11-9-18-6-5-12(11)16-13(17-14)8-10-4-3-7-19-10/h3-4,7H,2,5-6,8-9H2,1H3,(H,15,16,17). The van der Waals surface area contributed by atoms with E-state index in [1.54, 1.807) is 11.3 Å². The monoisotopic (exact) mass is 275 g/mol. The third kappa shape index (κ3) is 2.77. The molecule has 0 radical (unpaired) electrons. The average Bonchev–Trinajstić information content (AvgIpc) is 2.92. The molecule has 0 aliphatic carbocycles. The van der Waals surface area contributed by atoms with Gasteiger partial charge in [-0.05, 0) is 18.4 Å². The van der Waals surface area contributed by atoms with E-state index in [-0.39, 0.29) is 0 Å². The van der Waals surface area contributed by atoms with Gasteiger partial charge in [0.25, 0.3) is 0 Å². The van der Waals surface area contributed by atoms with E-state index in [9.17, 15) is 0 Å². The summed E-state index contributed by atoms with van der Waals surface area (Å²) >= 11 is 1.75. The quantitative estimate of drug-likeness (QED) is 0.932. The lowest BCUT2D eigenvalue weighted by Gasteiger charge is -2.19. The molecule has 5 heteroatoms. The smallest absolute Gasteiger partial charge is 0.136 e. The molecule has 100 valence electrons. The van der Waals surface area contributed by atoms with Crippen LogP contribution in [0, 0.1) is 0 Å². The molecule has 2 aromatic heterocycles. The Morgan fingerprint density at radius 3 is 3.16 bits per heavy atom. The molecule has 0 bridgehead atoms. The average molecular weight is 275 g/mol. The summed E-state index contributed by atoms with van der Waals surface area (Å²) in [6, 6.07) is 4.20. The van der Waals surface area contributed by atoms with Gasteiger partial charge in [-0.1, -0.05) is 6.07 Å². The summed E-state index contributed by atoms with van der Waals surface area (Å²) in [5, 5.41) is 5.42. The zero-order chi connectivity index (χ0) is 13.1. The molecule has 2 aromatic rings. The lowest BCUT2D eigenvalue weighted by Crippen LogP contribution is -2.18. The van der Waals surface area contributed by atoms with E-state index in [0.29, 0.717) is 6.61 Å². The zero-order valence-corrected chi connectivity index (χ0v) is 11.8. The first kappa shape index (κ1) is 12.6. The van der Waals surface area contributed by atoms with Crippen molar-refractivity contribution in [1.29, 1.82) is 0 Å². The van der Waals surface area contributed by atoms with Gasteiger partial charge in [0.1, 0.15) is 11.6 Å². The molecule has 0 atom stereocenters. The highest BCUT2D eigenvalue weighted by Crippen LogP contribution is 2.23. The summed E-state index contributed by atoms with van der Waals surface area (Å²) < 4.78 is 5.51. The number of hydrogen-bond donors (Lipinski definition) is 1. The molecule has 0 amide bonds. The van der Waals surface area contributed by atoms with E-state index in [1.807, 2.05) is 0 Å². The predicted molar refractivity (Wildman–Crippen MR) is 76.7 cm³/mol. The number of anilines is 1. The van der Waals surface area contributed by atoms with E-state index < -0.39 is 0 Å². The molecule has 0 fully saturated rings. The van der Waals surface area contributed by atoms with Gasteiger partial charge in [0.15, 0.2) is 0 Å². The van der Waals surface area contributed by atoms with Crippen LogP contribution < -0.4 is 5.32 Å². The highest BCUT2D eigenvalue weighted by atomic mass is 32.1. The van der Waals surface area contributed by atoms with Crippen LogP contribution in [-0.4, -0.2) is 23.1 Å². The van der Waals surface area contributed by atoms with E-state index in [1.165, 1.54) is 4.88 Å². The maximum absolute atomic E-state index is 5.51. The van der Waals surface area contributed by atoms with Gasteiger partial charge in [-0.25, -0.2) is 9.97 Å². The van der Waals surface area contributed by atoms with E-state index in [0.717, 1.165) is 48.9 Å². The second kappa shape index (κ2) is 5.67. The van der Waals surface area contributed by atoms with Crippen LogP contribution in [0.5, 0.6) is 0 Å². The topological polar surface area (TPSA) is 47.0 Å². The first-order chi connectivity index (χ1) is 9.36. The minimum absolute atomic E-state index is 0.622. The van der Waals surface area contributed by atoms with Gasteiger partial charge >= 0.3 is 0 Å². The minimum Gasteiger partial charge on any atom is -0.376 e. The van der Waals surface area contributed by atoms with Crippen molar-refractivity contribution in [3.05, 3.63) is 39.5 Å². The molecule has 0 aromatic carbocycles. The molecule has 1 aliphatic rings. The Kier molecular flexibility index (Phi) is 3.75. The van der Waals surface area contributed by atoms with Crippen LogP contribution in [-0.2, 0) is 24.2 Å². The number of nitrogens with one attached hydrogen (secondary N) is 1. The number of rotatable bonds is 4. The Balaban J connectivity index is 1.94.